The summed E-state index contributed by atoms with van der Waals surface area (Å²) in [5.74, 6) is 0. The molecule has 0 amide bonds. The van der Waals surface area contributed by atoms with Gasteiger partial charge in [0.25, 0.3) is 0 Å². The van der Waals surface area contributed by atoms with Gasteiger partial charge in [0.15, 0.2) is 0 Å². The fraction of sp³-hybridized carbons (Fsp3) is 0.294. The van der Waals surface area contributed by atoms with Crippen LogP contribution in [0.5, 0.6) is 0 Å². The molecule has 0 spiro atoms. The van der Waals surface area contributed by atoms with E-state index in [0.717, 1.165) is 24.0 Å². The SMILES string of the molecule is CCc1ccc(CC)c(CNS(=O)(=O)c2cc(Cl)ccc2Cl)c1. The molecular formula is C17H19Cl2NO2S. The monoisotopic (exact) mass is 371 g/mol. The van der Waals surface area contributed by atoms with Crippen LogP contribution in [0.3, 0.4) is 0 Å². The van der Waals surface area contributed by atoms with Gasteiger partial charge < -0.3 is 0 Å². The summed E-state index contributed by atoms with van der Waals surface area (Å²) in [4.78, 5) is -0.00337. The quantitative estimate of drug-likeness (QED) is 0.806. The maximum absolute atomic E-state index is 12.5. The molecule has 3 nitrogen and oxygen atoms in total. The molecule has 0 aliphatic heterocycles. The fourth-order valence-electron chi connectivity index (χ4n) is 2.34. The second kappa shape index (κ2) is 7.67. The lowest BCUT2D eigenvalue weighted by molar-refractivity contribution is 0.581. The number of nitrogens with one attached hydrogen (secondary N) is 1. The molecule has 0 radical (unpaired) electrons. The van der Waals surface area contributed by atoms with E-state index in [1.54, 1.807) is 6.07 Å². The van der Waals surface area contributed by atoms with Crippen LogP contribution in [-0.2, 0) is 29.4 Å². The summed E-state index contributed by atoms with van der Waals surface area (Å²) in [7, 11) is -3.72. The first-order valence-electron chi connectivity index (χ1n) is 7.42. The molecule has 6 heteroatoms. The zero-order valence-corrected chi connectivity index (χ0v) is 15.4. The highest BCUT2D eigenvalue weighted by molar-refractivity contribution is 7.89. The van der Waals surface area contributed by atoms with Gasteiger partial charge in [0.2, 0.25) is 10.0 Å². The van der Waals surface area contributed by atoms with Crippen LogP contribution < -0.4 is 4.72 Å². The van der Waals surface area contributed by atoms with Crippen molar-refractivity contribution in [1.82, 2.24) is 4.72 Å². The Morgan fingerprint density at radius 3 is 2.35 bits per heavy atom. The van der Waals surface area contributed by atoms with E-state index in [0.29, 0.717) is 5.02 Å². The van der Waals surface area contributed by atoms with E-state index in [1.165, 1.54) is 17.7 Å². The molecule has 0 saturated heterocycles. The van der Waals surface area contributed by atoms with Crippen molar-refractivity contribution in [3.63, 3.8) is 0 Å². The Morgan fingerprint density at radius 2 is 1.70 bits per heavy atom. The van der Waals surface area contributed by atoms with Crippen molar-refractivity contribution in [1.29, 1.82) is 0 Å². The maximum Gasteiger partial charge on any atom is 0.242 e. The molecule has 2 aromatic carbocycles. The molecule has 0 aliphatic carbocycles. The Balaban J connectivity index is 2.27. The normalized spacial score (nSPS) is 11.7. The highest BCUT2D eigenvalue weighted by atomic mass is 35.5. The predicted molar refractivity (Wildman–Crippen MR) is 95.7 cm³/mol. The molecule has 0 fully saturated rings. The summed E-state index contributed by atoms with van der Waals surface area (Å²) in [5, 5.41) is 0.483. The predicted octanol–water partition coefficient (Wildman–Crippen LogP) is 4.60. The molecule has 0 heterocycles. The van der Waals surface area contributed by atoms with Gasteiger partial charge in [-0.15, -0.1) is 0 Å². The van der Waals surface area contributed by atoms with Crippen molar-refractivity contribution in [3.8, 4) is 0 Å². The van der Waals surface area contributed by atoms with Crippen LogP contribution in [0.1, 0.15) is 30.5 Å². The molecule has 0 aliphatic rings. The topological polar surface area (TPSA) is 46.2 Å². The Bertz CT molecular complexity index is 804. The van der Waals surface area contributed by atoms with E-state index in [1.807, 2.05) is 13.0 Å². The number of sulfonamides is 1. The standard InChI is InChI=1S/C17H19Cl2NO2S/c1-3-12-5-6-13(4-2)14(9-12)11-20-23(21,22)17-10-15(18)7-8-16(17)19/h5-10,20H,3-4,11H2,1-2H3. The largest absolute Gasteiger partial charge is 0.242 e. The first kappa shape index (κ1) is 18.3. The second-order valence-corrected chi connectivity index (χ2v) is 7.79. The van der Waals surface area contributed by atoms with Gasteiger partial charge in [0.05, 0.1) is 5.02 Å². The Kier molecular flexibility index (Phi) is 6.09. The highest BCUT2D eigenvalue weighted by Gasteiger charge is 2.18. The van der Waals surface area contributed by atoms with Gasteiger partial charge in [-0.25, -0.2) is 13.1 Å². The van der Waals surface area contributed by atoms with Crippen LogP contribution in [-0.4, -0.2) is 8.42 Å². The first-order valence-corrected chi connectivity index (χ1v) is 9.66. The third-order valence-electron chi connectivity index (χ3n) is 3.70. The molecule has 23 heavy (non-hydrogen) atoms. The Labute approximate surface area is 147 Å². The van der Waals surface area contributed by atoms with Crippen LogP contribution in [0.25, 0.3) is 0 Å². The van der Waals surface area contributed by atoms with Crippen molar-refractivity contribution in [2.45, 2.75) is 38.1 Å². The minimum Gasteiger partial charge on any atom is -0.207 e. The van der Waals surface area contributed by atoms with Crippen molar-refractivity contribution >= 4 is 33.2 Å². The summed E-state index contributed by atoms with van der Waals surface area (Å²) >= 11 is 11.9. The summed E-state index contributed by atoms with van der Waals surface area (Å²) < 4.78 is 27.6. The molecule has 0 bridgehead atoms. The van der Waals surface area contributed by atoms with Gasteiger partial charge in [-0.3, -0.25) is 0 Å². The number of halogens is 2. The van der Waals surface area contributed by atoms with Crippen molar-refractivity contribution in [2.75, 3.05) is 0 Å². The van der Waals surface area contributed by atoms with Crippen LogP contribution in [0.15, 0.2) is 41.3 Å². The van der Waals surface area contributed by atoms with Crippen LogP contribution in [0.2, 0.25) is 10.0 Å². The summed E-state index contributed by atoms with van der Waals surface area (Å²) in [6.45, 7) is 4.34. The molecule has 0 aromatic heterocycles. The third-order valence-corrected chi connectivity index (χ3v) is 5.81. The maximum atomic E-state index is 12.5. The smallest absolute Gasteiger partial charge is 0.207 e. The van der Waals surface area contributed by atoms with Gasteiger partial charge in [-0.2, -0.15) is 0 Å². The zero-order valence-electron chi connectivity index (χ0n) is 13.1. The van der Waals surface area contributed by atoms with Gasteiger partial charge in [0.1, 0.15) is 4.90 Å². The minimum absolute atomic E-state index is 0.00337. The van der Waals surface area contributed by atoms with Crippen LogP contribution in [0.4, 0.5) is 0 Å². The number of hydrogen-bond donors (Lipinski definition) is 1. The zero-order chi connectivity index (χ0) is 17.0. The molecule has 1 N–H and O–H groups in total. The summed E-state index contributed by atoms with van der Waals surface area (Å²) in [6.07, 6.45) is 1.75. The van der Waals surface area contributed by atoms with E-state index in [4.69, 9.17) is 23.2 Å². The Morgan fingerprint density at radius 1 is 0.957 bits per heavy atom. The first-order chi connectivity index (χ1) is 10.9. The summed E-state index contributed by atoms with van der Waals surface area (Å²) in [5.41, 5.74) is 3.29. The van der Waals surface area contributed by atoms with Gasteiger partial charge in [0, 0.05) is 11.6 Å². The van der Waals surface area contributed by atoms with E-state index >= 15 is 0 Å². The molecule has 124 valence electrons. The van der Waals surface area contributed by atoms with E-state index in [-0.39, 0.29) is 16.5 Å². The molecule has 0 saturated carbocycles. The fourth-order valence-corrected chi connectivity index (χ4v) is 4.11. The molecular weight excluding hydrogens is 353 g/mol. The number of rotatable bonds is 6. The summed E-state index contributed by atoms with van der Waals surface area (Å²) in [6, 6.07) is 10.6. The van der Waals surface area contributed by atoms with Crippen LogP contribution in [0, 0.1) is 0 Å². The van der Waals surface area contributed by atoms with Crippen molar-refractivity contribution in [3.05, 3.63) is 63.1 Å². The van der Waals surface area contributed by atoms with Crippen molar-refractivity contribution < 1.29 is 8.42 Å². The van der Waals surface area contributed by atoms with Gasteiger partial charge in [-0.05, 0) is 47.7 Å². The lowest BCUT2D eigenvalue weighted by Crippen LogP contribution is -2.24. The van der Waals surface area contributed by atoms with Gasteiger partial charge >= 0.3 is 0 Å². The second-order valence-electron chi connectivity index (χ2n) is 5.21. The van der Waals surface area contributed by atoms with E-state index in [2.05, 4.69) is 23.8 Å². The number of hydrogen-bond acceptors (Lipinski definition) is 2. The van der Waals surface area contributed by atoms with Gasteiger partial charge in [-0.1, -0.05) is 55.2 Å². The molecule has 2 rings (SSSR count). The molecule has 0 unspecified atom stereocenters. The average molecular weight is 372 g/mol. The van der Waals surface area contributed by atoms with E-state index < -0.39 is 10.0 Å². The van der Waals surface area contributed by atoms with E-state index in [9.17, 15) is 8.42 Å². The average Bonchev–Trinajstić information content (AvgIpc) is 2.54. The third kappa shape index (κ3) is 4.48. The van der Waals surface area contributed by atoms with Crippen LogP contribution >= 0.6 is 23.2 Å². The van der Waals surface area contributed by atoms with Crippen molar-refractivity contribution in [2.24, 2.45) is 0 Å². The Hall–Kier alpha value is -1.07. The molecule has 0 atom stereocenters. The molecule has 2 aromatic rings. The highest BCUT2D eigenvalue weighted by Crippen LogP contribution is 2.25. The number of aryl methyl sites for hydroxylation is 2. The number of benzene rings is 2. The lowest BCUT2D eigenvalue weighted by atomic mass is 10.0. The lowest BCUT2D eigenvalue weighted by Gasteiger charge is -2.12. The minimum atomic E-state index is -3.72.